The number of hydrogen-bond donors (Lipinski definition) is 1. The third-order valence-electron chi connectivity index (χ3n) is 5.09. The van der Waals surface area contributed by atoms with Gasteiger partial charge in [-0.3, -0.25) is 10.1 Å². The number of thioether (sulfide) groups is 1. The standard InChI is InChI=1S/C14H24N2OS/c1-18-12-7-3-2-6-11(12)16-10-15-14(13(16)17)8-4-5-9-14/h11-12,15H,2-10H2,1H3. The first-order chi connectivity index (χ1) is 8.77. The third-order valence-corrected chi connectivity index (χ3v) is 6.24. The summed E-state index contributed by atoms with van der Waals surface area (Å²) < 4.78 is 0. The van der Waals surface area contributed by atoms with E-state index in [0.717, 1.165) is 19.5 Å². The minimum absolute atomic E-state index is 0.166. The van der Waals surface area contributed by atoms with Gasteiger partial charge in [-0.15, -0.1) is 0 Å². The summed E-state index contributed by atoms with van der Waals surface area (Å²) in [5, 5.41) is 4.19. The van der Waals surface area contributed by atoms with Gasteiger partial charge in [0.15, 0.2) is 0 Å². The summed E-state index contributed by atoms with van der Waals surface area (Å²) >= 11 is 1.95. The van der Waals surface area contributed by atoms with Crippen LogP contribution in [0.4, 0.5) is 0 Å². The van der Waals surface area contributed by atoms with Crippen LogP contribution in [0.2, 0.25) is 0 Å². The molecule has 2 atom stereocenters. The molecule has 2 unspecified atom stereocenters. The van der Waals surface area contributed by atoms with Gasteiger partial charge in [-0.1, -0.05) is 25.7 Å². The number of amides is 1. The average Bonchev–Trinajstić information content (AvgIpc) is 3.00. The van der Waals surface area contributed by atoms with Gasteiger partial charge in [-0.25, -0.2) is 0 Å². The van der Waals surface area contributed by atoms with Crippen LogP contribution in [0.5, 0.6) is 0 Å². The highest BCUT2D eigenvalue weighted by molar-refractivity contribution is 7.99. The first kappa shape index (κ1) is 12.8. The van der Waals surface area contributed by atoms with Crippen molar-refractivity contribution in [2.45, 2.75) is 68.2 Å². The quantitative estimate of drug-likeness (QED) is 0.834. The van der Waals surface area contributed by atoms with Crippen molar-refractivity contribution < 1.29 is 4.79 Å². The first-order valence-corrected chi connectivity index (χ1v) is 8.64. The molecule has 1 heterocycles. The predicted molar refractivity (Wildman–Crippen MR) is 75.6 cm³/mol. The van der Waals surface area contributed by atoms with Crippen LogP contribution in [-0.2, 0) is 4.79 Å². The molecule has 102 valence electrons. The Kier molecular flexibility index (Phi) is 3.59. The Hall–Kier alpha value is -0.220. The minimum atomic E-state index is -0.166. The van der Waals surface area contributed by atoms with Gasteiger partial charge in [0.2, 0.25) is 5.91 Å². The molecule has 1 saturated heterocycles. The minimum Gasteiger partial charge on any atom is -0.324 e. The van der Waals surface area contributed by atoms with E-state index in [2.05, 4.69) is 16.5 Å². The fraction of sp³-hybridized carbons (Fsp3) is 0.929. The van der Waals surface area contributed by atoms with Crippen LogP contribution >= 0.6 is 11.8 Å². The van der Waals surface area contributed by atoms with Gasteiger partial charge >= 0.3 is 0 Å². The van der Waals surface area contributed by atoms with E-state index in [1.807, 2.05) is 11.8 Å². The largest absolute Gasteiger partial charge is 0.324 e. The maximum atomic E-state index is 12.7. The lowest BCUT2D eigenvalue weighted by Crippen LogP contribution is -2.49. The number of nitrogens with one attached hydrogen (secondary N) is 1. The number of rotatable bonds is 2. The van der Waals surface area contributed by atoms with E-state index in [1.165, 1.54) is 38.5 Å². The molecule has 4 heteroatoms. The summed E-state index contributed by atoms with van der Waals surface area (Å²) in [7, 11) is 0. The zero-order valence-corrected chi connectivity index (χ0v) is 12.1. The highest BCUT2D eigenvalue weighted by Gasteiger charge is 2.50. The van der Waals surface area contributed by atoms with Crippen LogP contribution in [0.3, 0.4) is 0 Å². The highest BCUT2D eigenvalue weighted by Crippen LogP contribution is 2.38. The Labute approximate surface area is 114 Å². The Bertz CT molecular complexity index is 328. The lowest BCUT2D eigenvalue weighted by Gasteiger charge is -2.37. The van der Waals surface area contributed by atoms with Crippen LogP contribution in [0.25, 0.3) is 0 Å². The topological polar surface area (TPSA) is 32.3 Å². The van der Waals surface area contributed by atoms with Gasteiger partial charge in [0.05, 0.1) is 12.2 Å². The fourth-order valence-corrected chi connectivity index (χ4v) is 5.00. The molecule has 2 aliphatic carbocycles. The molecule has 0 aromatic heterocycles. The van der Waals surface area contributed by atoms with Crippen molar-refractivity contribution in [2.24, 2.45) is 0 Å². The summed E-state index contributed by atoms with van der Waals surface area (Å²) in [4.78, 5) is 14.9. The van der Waals surface area contributed by atoms with Crippen molar-refractivity contribution >= 4 is 17.7 Å². The van der Waals surface area contributed by atoms with Crippen molar-refractivity contribution in [3.63, 3.8) is 0 Å². The maximum Gasteiger partial charge on any atom is 0.244 e. The van der Waals surface area contributed by atoms with E-state index in [9.17, 15) is 4.79 Å². The first-order valence-electron chi connectivity index (χ1n) is 7.36. The van der Waals surface area contributed by atoms with Crippen molar-refractivity contribution in [1.29, 1.82) is 0 Å². The second-order valence-corrected chi connectivity index (χ2v) is 7.10. The monoisotopic (exact) mass is 268 g/mol. The molecule has 3 aliphatic rings. The van der Waals surface area contributed by atoms with E-state index in [-0.39, 0.29) is 5.54 Å². The van der Waals surface area contributed by atoms with Crippen molar-refractivity contribution in [1.82, 2.24) is 10.2 Å². The Morgan fingerprint density at radius 1 is 1.22 bits per heavy atom. The summed E-state index contributed by atoms with van der Waals surface area (Å²) in [6, 6.07) is 0.480. The van der Waals surface area contributed by atoms with Crippen LogP contribution in [0.1, 0.15) is 51.4 Å². The summed E-state index contributed by atoms with van der Waals surface area (Å²) in [6.07, 6.45) is 11.8. The van der Waals surface area contributed by atoms with Gasteiger partial charge in [-0.2, -0.15) is 11.8 Å². The Balaban J connectivity index is 1.74. The van der Waals surface area contributed by atoms with E-state index in [4.69, 9.17) is 0 Å². The molecule has 1 amide bonds. The summed E-state index contributed by atoms with van der Waals surface area (Å²) in [6.45, 7) is 0.792. The lowest BCUT2D eigenvalue weighted by atomic mass is 9.92. The van der Waals surface area contributed by atoms with E-state index >= 15 is 0 Å². The molecule has 18 heavy (non-hydrogen) atoms. The van der Waals surface area contributed by atoms with Gasteiger partial charge in [0.25, 0.3) is 0 Å². The molecule has 0 radical (unpaired) electrons. The molecule has 2 saturated carbocycles. The van der Waals surface area contributed by atoms with Gasteiger partial charge in [0, 0.05) is 11.3 Å². The highest BCUT2D eigenvalue weighted by atomic mass is 32.2. The fourth-order valence-electron chi connectivity index (χ4n) is 4.00. The number of carbonyl (C=O) groups is 1. The molecular formula is C14H24N2OS. The van der Waals surface area contributed by atoms with Crippen LogP contribution in [-0.4, -0.2) is 40.6 Å². The lowest BCUT2D eigenvalue weighted by molar-refractivity contribution is -0.134. The Morgan fingerprint density at radius 2 is 1.94 bits per heavy atom. The average molecular weight is 268 g/mol. The molecule has 1 aliphatic heterocycles. The van der Waals surface area contributed by atoms with Crippen LogP contribution < -0.4 is 5.32 Å². The second-order valence-electron chi connectivity index (χ2n) is 6.03. The summed E-state index contributed by atoms with van der Waals surface area (Å²) in [5.41, 5.74) is -0.166. The summed E-state index contributed by atoms with van der Waals surface area (Å²) in [5.74, 6) is 0.408. The van der Waals surface area contributed by atoms with Crippen molar-refractivity contribution in [3.8, 4) is 0 Å². The zero-order chi connectivity index (χ0) is 12.6. The van der Waals surface area contributed by atoms with Crippen molar-refractivity contribution in [2.75, 3.05) is 12.9 Å². The third kappa shape index (κ3) is 1.97. The molecule has 0 aromatic rings. The maximum absolute atomic E-state index is 12.7. The van der Waals surface area contributed by atoms with E-state index < -0.39 is 0 Å². The van der Waals surface area contributed by atoms with E-state index in [0.29, 0.717) is 17.2 Å². The van der Waals surface area contributed by atoms with E-state index in [1.54, 1.807) is 0 Å². The second kappa shape index (κ2) is 5.04. The number of nitrogens with zero attached hydrogens (tertiary/aromatic N) is 1. The van der Waals surface area contributed by atoms with Crippen LogP contribution in [0, 0.1) is 0 Å². The Morgan fingerprint density at radius 3 is 2.67 bits per heavy atom. The van der Waals surface area contributed by atoms with Crippen molar-refractivity contribution in [3.05, 3.63) is 0 Å². The molecule has 0 bridgehead atoms. The molecule has 0 aromatic carbocycles. The SMILES string of the molecule is CSC1CCCCC1N1CNC2(CCCC2)C1=O. The van der Waals surface area contributed by atoms with Gasteiger partial charge < -0.3 is 4.90 Å². The molecular weight excluding hydrogens is 244 g/mol. The number of carbonyl (C=O) groups excluding carboxylic acids is 1. The molecule has 3 rings (SSSR count). The molecule has 3 nitrogen and oxygen atoms in total. The zero-order valence-electron chi connectivity index (χ0n) is 11.3. The number of hydrogen-bond acceptors (Lipinski definition) is 3. The van der Waals surface area contributed by atoms with Gasteiger partial charge in [0.1, 0.15) is 0 Å². The molecule has 3 fully saturated rings. The predicted octanol–water partition coefficient (Wildman–Crippen LogP) is 2.36. The molecule has 1 N–H and O–H groups in total. The van der Waals surface area contributed by atoms with Crippen LogP contribution in [0.15, 0.2) is 0 Å². The van der Waals surface area contributed by atoms with Gasteiger partial charge in [-0.05, 0) is 31.9 Å². The normalized spacial score (nSPS) is 35.6. The smallest absolute Gasteiger partial charge is 0.244 e. The molecule has 1 spiro atoms.